The fourth-order valence-corrected chi connectivity index (χ4v) is 2.62. The van der Waals surface area contributed by atoms with Gasteiger partial charge in [-0.05, 0) is 25.0 Å². The molecule has 1 amide bonds. The Kier molecular flexibility index (Phi) is 2.93. The zero-order valence-corrected chi connectivity index (χ0v) is 11.0. The van der Waals surface area contributed by atoms with Crippen LogP contribution in [-0.4, -0.2) is 26.8 Å². The minimum Gasteiger partial charge on any atom is -0.481 e. The number of nitrogens with zero attached hydrogens (tertiary/aromatic N) is 2. The second kappa shape index (κ2) is 4.63. The van der Waals surface area contributed by atoms with E-state index in [9.17, 15) is 9.59 Å². The Bertz CT molecular complexity index is 692. The molecule has 2 aromatic rings. The third kappa shape index (κ3) is 1.93. The van der Waals surface area contributed by atoms with E-state index in [4.69, 9.17) is 5.11 Å². The molecule has 1 aromatic heterocycles. The number of para-hydroxylation sites is 1. The van der Waals surface area contributed by atoms with E-state index in [1.807, 2.05) is 24.3 Å². The van der Waals surface area contributed by atoms with Crippen molar-refractivity contribution in [2.24, 2.45) is 18.9 Å². The van der Waals surface area contributed by atoms with Crippen LogP contribution in [0.3, 0.4) is 0 Å². The number of benzene rings is 1. The molecule has 20 heavy (non-hydrogen) atoms. The number of carboxylic acids is 1. The first-order chi connectivity index (χ1) is 9.58. The van der Waals surface area contributed by atoms with Gasteiger partial charge in [-0.25, -0.2) is 0 Å². The number of carbonyl (C=O) groups excluding carboxylic acids is 1. The number of aryl methyl sites for hydroxylation is 1. The van der Waals surface area contributed by atoms with Crippen molar-refractivity contribution in [3.63, 3.8) is 0 Å². The highest BCUT2D eigenvalue weighted by atomic mass is 16.4. The molecule has 104 valence electrons. The molecule has 1 heterocycles. The van der Waals surface area contributed by atoms with Gasteiger partial charge >= 0.3 is 5.97 Å². The summed E-state index contributed by atoms with van der Waals surface area (Å²) in [5.74, 6) is -1.68. The summed E-state index contributed by atoms with van der Waals surface area (Å²) in [5, 5.41) is 16.9. The fraction of sp³-hybridized carbons (Fsp3) is 0.357. The number of rotatable bonds is 3. The second-order valence-electron chi connectivity index (χ2n) is 5.11. The maximum Gasteiger partial charge on any atom is 0.307 e. The maximum absolute atomic E-state index is 12.1. The highest BCUT2D eigenvalue weighted by molar-refractivity contribution is 6.02. The first-order valence-corrected chi connectivity index (χ1v) is 6.53. The van der Waals surface area contributed by atoms with Crippen molar-refractivity contribution < 1.29 is 14.7 Å². The van der Waals surface area contributed by atoms with Gasteiger partial charge in [0, 0.05) is 12.4 Å². The average Bonchev–Trinajstić information content (AvgIpc) is 2.65. The number of anilines is 1. The molecule has 6 nitrogen and oxygen atoms in total. The molecule has 1 aromatic carbocycles. The smallest absolute Gasteiger partial charge is 0.307 e. The van der Waals surface area contributed by atoms with Gasteiger partial charge in [0.25, 0.3) is 0 Å². The SMILES string of the molecule is Cn1nc(NC(=O)[C@H]2CC[C@H]2C(=O)O)c2ccccc21. The van der Waals surface area contributed by atoms with E-state index in [1.54, 1.807) is 11.7 Å². The number of hydrogen-bond donors (Lipinski definition) is 2. The van der Waals surface area contributed by atoms with Crippen LogP contribution in [0.25, 0.3) is 10.9 Å². The number of hydrogen-bond acceptors (Lipinski definition) is 3. The van der Waals surface area contributed by atoms with Crippen LogP contribution in [0.5, 0.6) is 0 Å². The van der Waals surface area contributed by atoms with Gasteiger partial charge in [0.05, 0.1) is 17.4 Å². The molecule has 1 fully saturated rings. The summed E-state index contributed by atoms with van der Waals surface area (Å²) in [4.78, 5) is 23.1. The monoisotopic (exact) mass is 273 g/mol. The lowest BCUT2D eigenvalue weighted by atomic mass is 9.73. The number of fused-ring (bicyclic) bond motifs is 1. The Morgan fingerprint density at radius 3 is 2.65 bits per heavy atom. The first kappa shape index (κ1) is 12.7. The number of aromatic nitrogens is 2. The molecule has 0 saturated heterocycles. The highest BCUT2D eigenvalue weighted by Crippen LogP contribution is 2.35. The van der Waals surface area contributed by atoms with Crippen molar-refractivity contribution in [2.45, 2.75) is 12.8 Å². The molecule has 3 rings (SSSR count). The zero-order valence-electron chi connectivity index (χ0n) is 11.0. The number of carboxylic acid groups (broad SMARTS) is 1. The van der Waals surface area contributed by atoms with Crippen LogP contribution in [-0.2, 0) is 16.6 Å². The molecular weight excluding hydrogens is 258 g/mol. The van der Waals surface area contributed by atoms with Gasteiger partial charge in [0.1, 0.15) is 0 Å². The van der Waals surface area contributed by atoms with Gasteiger partial charge in [-0.15, -0.1) is 0 Å². The first-order valence-electron chi connectivity index (χ1n) is 6.53. The van der Waals surface area contributed by atoms with Gasteiger partial charge in [-0.3, -0.25) is 14.3 Å². The van der Waals surface area contributed by atoms with Crippen molar-refractivity contribution >= 4 is 28.6 Å². The summed E-state index contributed by atoms with van der Waals surface area (Å²) in [5.41, 5.74) is 0.922. The van der Waals surface area contributed by atoms with Gasteiger partial charge < -0.3 is 10.4 Å². The van der Waals surface area contributed by atoms with Crippen LogP contribution in [0.1, 0.15) is 12.8 Å². The number of carbonyl (C=O) groups is 2. The van der Waals surface area contributed by atoms with E-state index in [1.165, 1.54) is 0 Å². The van der Waals surface area contributed by atoms with Crippen molar-refractivity contribution in [2.75, 3.05) is 5.32 Å². The Labute approximate surface area is 115 Å². The van der Waals surface area contributed by atoms with Gasteiger partial charge in [-0.2, -0.15) is 5.10 Å². The van der Waals surface area contributed by atoms with Crippen LogP contribution in [0.4, 0.5) is 5.82 Å². The standard InChI is InChI=1S/C14H15N3O3/c1-17-11-5-3-2-4-10(11)12(16-17)15-13(18)8-6-7-9(8)14(19)20/h2-5,8-9H,6-7H2,1H3,(H,19,20)(H,15,16,18)/t8-,9+/m0/s1. The topological polar surface area (TPSA) is 84.2 Å². The molecule has 2 N–H and O–H groups in total. The molecule has 1 saturated carbocycles. The minimum absolute atomic E-state index is 0.257. The third-order valence-electron chi connectivity index (χ3n) is 3.93. The van der Waals surface area contributed by atoms with E-state index in [-0.39, 0.29) is 5.91 Å². The zero-order chi connectivity index (χ0) is 14.3. The second-order valence-corrected chi connectivity index (χ2v) is 5.11. The molecule has 0 aliphatic heterocycles. The normalized spacial score (nSPS) is 21.4. The van der Waals surface area contributed by atoms with Crippen molar-refractivity contribution in [3.8, 4) is 0 Å². The summed E-state index contributed by atoms with van der Waals surface area (Å²) in [6, 6.07) is 7.58. The Morgan fingerprint density at radius 2 is 2.00 bits per heavy atom. The minimum atomic E-state index is -0.901. The predicted molar refractivity (Wildman–Crippen MR) is 73.2 cm³/mol. The van der Waals surface area contributed by atoms with E-state index < -0.39 is 17.8 Å². The molecule has 0 radical (unpaired) electrons. The Balaban J connectivity index is 1.83. The molecule has 0 bridgehead atoms. The van der Waals surface area contributed by atoms with Crippen LogP contribution in [0.15, 0.2) is 24.3 Å². The van der Waals surface area contributed by atoms with Gasteiger partial charge in [0.15, 0.2) is 5.82 Å². The summed E-state index contributed by atoms with van der Waals surface area (Å²) >= 11 is 0. The molecule has 1 aliphatic rings. The number of aliphatic carboxylic acids is 1. The van der Waals surface area contributed by atoms with Crippen LogP contribution >= 0.6 is 0 Å². The van der Waals surface area contributed by atoms with Gasteiger partial charge in [0.2, 0.25) is 5.91 Å². The van der Waals surface area contributed by atoms with Crippen molar-refractivity contribution in [1.29, 1.82) is 0 Å². The Morgan fingerprint density at radius 1 is 1.30 bits per heavy atom. The molecule has 0 unspecified atom stereocenters. The highest BCUT2D eigenvalue weighted by Gasteiger charge is 2.41. The largest absolute Gasteiger partial charge is 0.481 e. The van der Waals surface area contributed by atoms with Crippen LogP contribution in [0, 0.1) is 11.8 Å². The summed E-state index contributed by atoms with van der Waals surface area (Å²) in [6.07, 6.45) is 1.18. The molecule has 6 heteroatoms. The van der Waals surface area contributed by atoms with E-state index in [2.05, 4.69) is 10.4 Å². The summed E-state index contributed by atoms with van der Waals surface area (Å²) in [6.45, 7) is 0. The maximum atomic E-state index is 12.1. The van der Waals surface area contributed by atoms with Crippen molar-refractivity contribution in [1.82, 2.24) is 9.78 Å². The van der Waals surface area contributed by atoms with Crippen LogP contribution in [0.2, 0.25) is 0 Å². The van der Waals surface area contributed by atoms with Crippen LogP contribution < -0.4 is 5.32 Å². The molecule has 1 aliphatic carbocycles. The van der Waals surface area contributed by atoms with E-state index in [0.29, 0.717) is 18.7 Å². The summed E-state index contributed by atoms with van der Waals surface area (Å²) < 4.78 is 1.69. The average molecular weight is 273 g/mol. The number of nitrogens with one attached hydrogen (secondary N) is 1. The lowest BCUT2D eigenvalue weighted by molar-refractivity contribution is -0.151. The number of amides is 1. The quantitative estimate of drug-likeness (QED) is 0.890. The van der Waals surface area contributed by atoms with E-state index >= 15 is 0 Å². The van der Waals surface area contributed by atoms with Crippen molar-refractivity contribution in [3.05, 3.63) is 24.3 Å². The molecule has 0 spiro atoms. The Hall–Kier alpha value is -2.37. The lowest BCUT2D eigenvalue weighted by Gasteiger charge is -2.31. The van der Waals surface area contributed by atoms with Gasteiger partial charge in [-0.1, -0.05) is 12.1 Å². The molecule has 2 atom stereocenters. The molecular formula is C14H15N3O3. The lowest BCUT2D eigenvalue weighted by Crippen LogP contribution is -2.41. The van der Waals surface area contributed by atoms with E-state index in [0.717, 1.165) is 10.9 Å². The fourth-order valence-electron chi connectivity index (χ4n) is 2.62. The summed E-state index contributed by atoms with van der Waals surface area (Å²) in [7, 11) is 1.81. The third-order valence-corrected chi connectivity index (χ3v) is 3.93. The predicted octanol–water partition coefficient (Wildman–Crippen LogP) is 1.62.